The van der Waals surface area contributed by atoms with Gasteiger partial charge in [-0.25, -0.2) is 0 Å². The molecule has 0 aliphatic carbocycles. The SMILES string of the molecule is COc1ccc(-n2nnnc2CC2CCCN2)cc1. The van der Waals surface area contributed by atoms with Crippen LogP contribution in [-0.4, -0.2) is 39.9 Å². The fraction of sp³-hybridized carbons (Fsp3) is 0.462. The largest absolute Gasteiger partial charge is 0.497 e. The van der Waals surface area contributed by atoms with Crippen LogP contribution >= 0.6 is 0 Å². The van der Waals surface area contributed by atoms with Gasteiger partial charge in [-0.3, -0.25) is 0 Å². The number of hydrogen-bond donors (Lipinski definition) is 1. The Morgan fingerprint density at radius 3 is 2.89 bits per heavy atom. The quantitative estimate of drug-likeness (QED) is 0.886. The number of tetrazole rings is 1. The summed E-state index contributed by atoms with van der Waals surface area (Å²) in [6.45, 7) is 1.09. The predicted octanol–water partition coefficient (Wildman–Crippen LogP) is 0.965. The van der Waals surface area contributed by atoms with E-state index in [1.54, 1.807) is 11.8 Å². The summed E-state index contributed by atoms with van der Waals surface area (Å²) in [5, 5.41) is 15.5. The molecular formula is C13H17N5O. The Hall–Kier alpha value is -1.95. The molecule has 1 aromatic heterocycles. The zero-order chi connectivity index (χ0) is 13.1. The molecule has 0 saturated carbocycles. The maximum atomic E-state index is 5.15. The zero-order valence-electron chi connectivity index (χ0n) is 10.9. The Labute approximate surface area is 111 Å². The van der Waals surface area contributed by atoms with Gasteiger partial charge in [-0.05, 0) is 54.1 Å². The topological polar surface area (TPSA) is 64.9 Å². The summed E-state index contributed by atoms with van der Waals surface area (Å²) < 4.78 is 6.94. The normalized spacial score (nSPS) is 18.7. The van der Waals surface area contributed by atoms with E-state index in [1.807, 2.05) is 24.3 Å². The van der Waals surface area contributed by atoms with Crippen LogP contribution in [0.15, 0.2) is 24.3 Å². The average molecular weight is 259 g/mol. The molecule has 0 spiro atoms. The van der Waals surface area contributed by atoms with Crippen LogP contribution in [0.2, 0.25) is 0 Å². The molecule has 1 aromatic carbocycles. The number of hydrogen-bond acceptors (Lipinski definition) is 5. The molecule has 0 amide bonds. The van der Waals surface area contributed by atoms with Gasteiger partial charge >= 0.3 is 0 Å². The van der Waals surface area contributed by atoms with Crippen molar-refractivity contribution in [2.75, 3.05) is 13.7 Å². The van der Waals surface area contributed by atoms with Gasteiger partial charge in [-0.15, -0.1) is 5.10 Å². The first-order chi connectivity index (χ1) is 9.36. The third-order valence-electron chi connectivity index (χ3n) is 3.44. The van der Waals surface area contributed by atoms with Crippen molar-refractivity contribution in [3.8, 4) is 11.4 Å². The van der Waals surface area contributed by atoms with Gasteiger partial charge in [0.25, 0.3) is 0 Å². The lowest BCUT2D eigenvalue weighted by Gasteiger charge is -2.10. The van der Waals surface area contributed by atoms with Gasteiger partial charge in [0.2, 0.25) is 0 Å². The van der Waals surface area contributed by atoms with Crippen LogP contribution in [0, 0.1) is 0 Å². The van der Waals surface area contributed by atoms with Crippen LogP contribution in [0.25, 0.3) is 5.69 Å². The molecule has 1 saturated heterocycles. The van der Waals surface area contributed by atoms with Crippen LogP contribution in [0.4, 0.5) is 0 Å². The summed E-state index contributed by atoms with van der Waals surface area (Å²) in [6, 6.07) is 8.23. The van der Waals surface area contributed by atoms with Crippen molar-refractivity contribution in [2.24, 2.45) is 0 Å². The zero-order valence-corrected chi connectivity index (χ0v) is 10.9. The van der Waals surface area contributed by atoms with E-state index in [4.69, 9.17) is 4.74 Å². The second-order valence-electron chi connectivity index (χ2n) is 4.70. The van der Waals surface area contributed by atoms with E-state index in [2.05, 4.69) is 20.8 Å². The van der Waals surface area contributed by atoms with Gasteiger partial charge in [-0.2, -0.15) is 4.68 Å². The lowest BCUT2D eigenvalue weighted by molar-refractivity contribution is 0.414. The Balaban J connectivity index is 1.81. The number of aromatic nitrogens is 4. The molecular weight excluding hydrogens is 242 g/mol. The average Bonchev–Trinajstić information content (AvgIpc) is 3.11. The van der Waals surface area contributed by atoms with E-state index in [-0.39, 0.29) is 0 Å². The summed E-state index contributed by atoms with van der Waals surface area (Å²) in [7, 11) is 1.66. The van der Waals surface area contributed by atoms with Crippen LogP contribution in [-0.2, 0) is 6.42 Å². The van der Waals surface area contributed by atoms with E-state index in [0.717, 1.165) is 30.2 Å². The summed E-state index contributed by atoms with van der Waals surface area (Å²) in [5.41, 5.74) is 0.957. The predicted molar refractivity (Wildman–Crippen MR) is 70.4 cm³/mol. The van der Waals surface area contributed by atoms with Crippen molar-refractivity contribution in [1.29, 1.82) is 0 Å². The highest BCUT2D eigenvalue weighted by Gasteiger charge is 2.18. The summed E-state index contributed by atoms with van der Waals surface area (Å²) in [6.07, 6.45) is 3.28. The van der Waals surface area contributed by atoms with Gasteiger partial charge in [0.1, 0.15) is 5.75 Å². The lowest BCUT2D eigenvalue weighted by Crippen LogP contribution is -2.25. The summed E-state index contributed by atoms with van der Waals surface area (Å²) in [5.74, 6) is 1.72. The molecule has 2 aromatic rings. The smallest absolute Gasteiger partial charge is 0.158 e. The first-order valence-corrected chi connectivity index (χ1v) is 6.52. The summed E-state index contributed by atoms with van der Waals surface area (Å²) >= 11 is 0. The molecule has 0 radical (unpaired) electrons. The van der Waals surface area contributed by atoms with Crippen molar-refractivity contribution in [3.05, 3.63) is 30.1 Å². The van der Waals surface area contributed by atoms with Crippen molar-refractivity contribution < 1.29 is 4.74 Å². The first kappa shape index (κ1) is 12.1. The molecule has 2 heterocycles. The van der Waals surface area contributed by atoms with Gasteiger partial charge in [0.05, 0.1) is 12.8 Å². The van der Waals surface area contributed by atoms with Gasteiger partial charge in [0.15, 0.2) is 5.82 Å². The monoisotopic (exact) mass is 259 g/mol. The second kappa shape index (κ2) is 5.36. The second-order valence-corrected chi connectivity index (χ2v) is 4.70. The highest BCUT2D eigenvalue weighted by Crippen LogP contribution is 2.16. The third kappa shape index (κ3) is 2.58. The number of nitrogens with zero attached hydrogens (tertiary/aromatic N) is 4. The molecule has 1 unspecified atom stereocenters. The molecule has 6 heteroatoms. The number of methoxy groups -OCH3 is 1. The highest BCUT2D eigenvalue weighted by molar-refractivity contribution is 5.37. The Morgan fingerprint density at radius 1 is 1.37 bits per heavy atom. The van der Waals surface area contributed by atoms with Gasteiger partial charge in [-0.1, -0.05) is 0 Å². The van der Waals surface area contributed by atoms with Crippen LogP contribution in [0.1, 0.15) is 18.7 Å². The third-order valence-corrected chi connectivity index (χ3v) is 3.44. The molecule has 0 bridgehead atoms. The lowest BCUT2D eigenvalue weighted by atomic mass is 10.1. The molecule has 6 nitrogen and oxygen atoms in total. The Morgan fingerprint density at radius 2 is 2.21 bits per heavy atom. The number of ether oxygens (including phenoxy) is 1. The van der Waals surface area contributed by atoms with E-state index < -0.39 is 0 Å². The number of nitrogens with one attached hydrogen (secondary N) is 1. The maximum Gasteiger partial charge on any atom is 0.158 e. The minimum atomic E-state index is 0.489. The standard InChI is InChI=1S/C13H17N5O/c1-19-12-6-4-11(5-7-12)18-13(15-16-17-18)9-10-3-2-8-14-10/h4-7,10,14H,2-3,8-9H2,1H3. The molecule has 1 aliphatic rings. The number of benzene rings is 1. The highest BCUT2D eigenvalue weighted by atomic mass is 16.5. The van der Waals surface area contributed by atoms with E-state index >= 15 is 0 Å². The Kier molecular flexibility index (Phi) is 3.41. The molecule has 3 rings (SSSR count). The van der Waals surface area contributed by atoms with Gasteiger partial charge < -0.3 is 10.1 Å². The van der Waals surface area contributed by atoms with Crippen molar-refractivity contribution in [3.63, 3.8) is 0 Å². The van der Waals surface area contributed by atoms with Crippen LogP contribution in [0.5, 0.6) is 5.75 Å². The van der Waals surface area contributed by atoms with Gasteiger partial charge in [0, 0.05) is 12.5 Å². The van der Waals surface area contributed by atoms with Crippen molar-refractivity contribution in [2.45, 2.75) is 25.3 Å². The van der Waals surface area contributed by atoms with E-state index in [9.17, 15) is 0 Å². The molecule has 100 valence electrons. The van der Waals surface area contributed by atoms with E-state index in [0.29, 0.717) is 6.04 Å². The molecule has 1 aliphatic heterocycles. The van der Waals surface area contributed by atoms with Crippen LogP contribution in [0.3, 0.4) is 0 Å². The van der Waals surface area contributed by atoms with Crippen molar-refractivity contribution >= 4 is 0 Å². The maximum absolute atomic E-state index is 5.15. The van der Waals surface area contributed by atoms with Crippen molar-refractivity contribution in [1.82, 2.24) is 25.5 Å². The molecule has 1 atom stereocenters. The molecule has 19 heavy (non-hydrogen) atoms. The van der Waals surface area contributed by atoms with Crippen LogP contribution < -0.4 is 10.1 Å². The molecule has 1 fully saturated rings. The minimum Gasteiger partial charge on any atom is -0.497 e. The molecule has 1 N–H and O–H groups in total. The first-order valence-electron chi connectivity index (χ1n) is 6.52. The Bertz CT molecular complexity index is 530. The summed E-state index contributed by atoms with van der Waals surface area (Å²) in [4.78, 5) is 0. The fourth-order valence-corrected chi connectivity index (χ4v) is 2.41. The number of rotatable bonds is 4. The minimum absolute atomic E-state index is 0.489. The van der Waals surface area contributed by atoms with E-state index in [1.165, 1.54) is 12.8 Å². The fourth-order valence-electron chi connectivity index (χ4n) is 2.41.